The Morgan fingerprint density at radius 3 is 2.79 bits per heavy atom. The minimum absolute atomic E-state index is 0. The molecular weight excluding hydrogens is 293 g/mol. The Balaban J connectivity index is 0.000000980. The first-order valence-electron chi connectivity index (χ1n) is 4.02. The lowest BCUT2D eigenvalue weighted by Gasteiger charge is -1.90. The fourth-order valence-corrected chi connectivity index (χ4v) is 1.13. The molecule has 0 aliphatic carbocycles. The van der Waals surface area contributed by atoms with E-state index in [4.69, 9.17) is 4.52 Å². The first kappa shape index (κ1) is 11.1. The first-order valence-corrected chi connectivity index (χ1v) is 4.02. The highest BCUT2D eigenvalue weighted by Crippen LogP contribution is 2.13. The summed E-state index contributed by atoms with van der Waals surface area (Å²) >= 11 is 0. The van der Waals surface area contributed by atoms with Gasteiger partial charge in [0.05, 0.1) is 0 Å². The van der Waals surface area contributed by atoms with Gasteiger partial charge in [-0.2, -0.15) is 4.98 Å². The number of halogens is 1. The van der Waals surface area contributed by atoms with Gasteiger partial charge in [-0.05, 0) is 13.0 Å². The lowest BCUT2D eigenvalue weighted by molar-refractivity contribution is -0.671. The van der Waals surface area contributed by atoms with Crippen LogP contribution in [-0.2, 0) is 7.05 Å². The van der Waals surface area contributed by atoms with Gasteiger partial charge in [0.2, 0.25) is 0 Å². The van der Waals surface area contributed by atoms with E-state index in [2.05, 4.69) is 10.1 Å². The van der Waals surface area contributed by atoms with Crippen LogP contribution in [0.25, 0.3) is 11.5 Å². The van der Waals surface area contributed by atoms with E-state index in [1.165, 1.54) is 0 Å². The molecule has 0 saturated carbocycles. The number of nitrogens with zero attached hydrogens (tertiary/aromatic N) is 3. The Bertz CT molecular complexity index is 428. The lowest BCUT2D eigenvalue weighted by atomic mass is 10.3. The molecule has 0 N–H and O–H groups in total. The van der Waals surface area contributed by atoms with Crippen molar-refractivity contribution in [1.82, 2.24) is 10.1 Å². The Hall–Kier alpha value is -0.980. The molecule has 0 amide bonds. The van der Waals surface area contributed by atoms with Gasteiger partial charge in [-0.15, -0.1) is 0 Å². The second-order valence-corrected chi connectivity index (χ2v) is 2.90. The molecular formula is C9H10IN3O. The molecule has 4 nitrogen and oxygen atoms in total. The third-order valence-electron chi connectivity index (χ3n) is 1.71. The summed E-state index contributed by atoms with van der Waals surface area (Å²) in [6, 6.07) is 3.88. The molecule has 0 radical (unpaired) electrons. The number of aromatic nitrogens is 3. The van der Waals surface area contributed by atoms with Crippen molar-refractivity contribution in [3.05, 3.63) is 30.4 Å². The van der Waals surface area contributed by atoms with Gasteiger partial charge in [-0.25, -0.2) is 4.57 Å². The average molecular weight is 303 g/mol. The standard InChI is InChI=1S/C9H10N3O.HI/c1-7-10-9(13-11-7)8-4-3-5-12(2)6-8;/h3-6H,1-2H3;1H/q+1;/p-1. The summed E-state index contributed by atoms with van der Waals surface area (Å²) in [5.74, 6) is 1.22. The molecule has 2 aromatic rings. The summed E-state index contributed by atoms with van der Waals surface area (Å²) in [7, 11) is 1.95. The second kappa shape index (κ2) is 4.50. The van der Waals surface area contributed by atoms with Gasteiger partial charge in [-0.3, -0.25) is 0 Å². The van der Waals surface area contributed by atoms with Gasteiger partial charge in [0.25, 0.3) is 5.89 Å². The lowest BCUT2D eigenvalue weighted by Crippen LogP contribution is -3.00. The van der Waals surface area contributed by atoms with Crippen molar-refractivity contribution in [2.45, 2.75) is 6.92 Å². The van der Waals surface area contributed by atoms with Crippen LogP contribution in [0.15, 0.2) is 29.0 Å². The quantitative estimate of drug-likeness (QED) is 0.447. The van der Waals surface area contributed by atoms with E-state index in [0.29, 0.717) is 11.7 Å². The van der Waals surface area contributed by atoms with Gasteiger partial charge in [0.15, 0.2) is 18.2 Å². The van der Waals surface area contributed by atoms with E-state index in [9.17, 15) is 0 Å². The van der Waals surface area contributed by atoms with Crippen molar-refractivity contribution < 1.29 is 33.1 Å². The van der Waals surface area contributed by atoms with E-state index >= 15 is 0 Å². The highest BCUT2D eigenvalue weighted by atomic mass is 127. The van der Waals surface area contributed by atoms with Gasteiger partial charge in [0.1, 0.15) is 12.6 Å². The Labute approximate surface area is 99.0 Å². The van der Waals surface area contributed by atoms with Gasteiger partial charge in [-0.1, -0.05) is 5.16 Å². The Morgan fingerprint density at radius 1 is 1.43 bits per heavy atom. The molecule has 0 fully saturated rings. The molecule has 2 rings (SSSR count). The van der Waals surface area contributed by atoms with Crippen LogP contribution < -0.4 is 28.5 Å². The van der Waals surface area contributed by atoms with Crippen LogP contribution in [0.4, 0.5) is 0 Å². The topological polar surface area (TPSA) is 42.8 Å². The van der Waals surface area contributed by atoms with Crippen LogP contribution in [0.5, 0.6) is 0 Å². The zero-order valence-corrected chi connectivity index (χ0v) is 10.1. The van der Waals surface area contributed by atoms with E-state index in [-0.39, 0.29) is 24.0 Å². The van der Waals surface area contributed by atoms with Crippen LogP contribution in [0, 0.1) is 6.92 Å². The summed E-state index contributed by atoms with van der Waals surface area (Å²) in [5, 5.41) is 3.73. The summed E-state index contributed by atoms with van der Waals surface area (Å²) < 4.78 is 6.97. The number of rotatable bonds is 1. The number of aryl methyl sites for hydroxylation is 2. The predicted octanol–water partition coefficient (Wildman–Crippen LogP) is -2.13. The van der Waals surface area contributed by atoms with Crippen molar-refractivity contribution in [1.29, 1.82) is 0 Å². The third-order valence-corrected chi connectivity index (χ3v) is 1.71. The number of hydrogen-bond donors (Lipinski definition) is 0. The van der Waals surface area contributed by atoms with E-state index < -0.39 is 0 Å². The van der Waals surface area contributed by atoms with Crippen LogP contribution in [-0.4, -0.2) is 10.1 Å². The fraction of sp³-hybridized carbons (Fsp3) is 0.222. The SMILES string of the molecule is Cc1noc(-c2ccc[n+](C)c2)n1.[I-]. The molecule has 0 saturated heterocycles. The molecule has 2 aromatic heterocycles. The normalized spacial score (nSPS) is 9.57. The molecule has 0 aromatic carbocycles. The maximum atomic E-state index is 5.03. The molecule has 2 heterocycles. The molecule has 14 heavy (non-hydrogen) atoms. The van der Waals surface area contributed by atoms with Crippen LogP contribution in [0.3, 0.4) is 0 Å². The van der Waals surface area contributed by atoms with Crippen molar-refractivity contribution >= 4 is 0 Å². The van der Waals surface area contributed by atoms with E-state index in [0.717, 1.165) is 5.56 Å². The van der Waals surface area contributed by atoms with Crippen molar-refractivity contribution in [3.8, 4) is 11.5 Å². The first-order chi connectivity index (χ1) is 6.25. The maximum absolute atomic E-state index is 5.03. The molecule has 0 spiro atoms. The number of pyridine rings is 1. The zero-order chi connectivity index (χ0) is 9.26. The number of hydrogen-bond acceptors (Lipinski definition) is 3. The monoisotopic (exact) mass is 303 g/mol. The highest BCUT2D eigenvalue weighted by molar-refractivity contribution is 5.49. The minimum atomic E-state index is 0. The summed E-state index contributed by atoms with van der Waals surface area (Å²) in [5.41, 5.74) is 0.936. The average Bonchev–Trinajstić information content (AvgIpc) is 2.52. The zero-order valence-electron chi connectivity index (χ0n) is 7.94. The Morgan fingerprint density at radius 2 is 2.21 bits per heavy atom. The minimum Gasteiger partial charge on any atom is -1.00 e. The smallest absolute Gasteiger partial charge is 0.263 e. The molecule has 5 heteroatoms. The third kappa shape index (κ3) is 2.28. The van der Waals surface area contributed by atoms with Crippen LogP contribution >= 0.6 is 0 Å². The van der Waals surface area contributed by atoms with Crippen LogP contribution in [0.2, 0.25) is 0 Å². The molecule has 0 atom stereocenters. The summed E-state index contributed by atoms with van der Waals surface area (Å²) in [6.07, 6.45) is 3.89. The summed E-state index contributed by atoms with van der Waals surface area (Å²) in [4.78, 5) is 4.13. The van der Waals surface area contributed by atoms with E-state index in [1.54, 1.807) is 6.92 Å². The second-order valence-electron chi connectivity index (χ2n) is 2.90. The Kier molecular flexibility index (Phi) is 3.56. The van der Waals surface area contributed by atoms with Crippen molar-refractivity contribution in [3.63, 3.8) is 0 Å². The maximum Gasteiger partial charge on any atom is 0.263 e. The van der Waals surface area contributed by atoms with Gasteiger partial charge < -0.3 is 28.5 Å². The molecule has 0 aliphatic rings. The summed E-state index contributed by atoms with van der Waals surface area (Å²) in [6.45, 7) is 1.80. The molecule has 0 unspecified atom stereocenters. The van der Waals surface area contributed by atoms with Gasteiger partial charge >= 0.3 is 0 Å². The molecule has 0 bridgehead atoms. The highest BCUT2D eigenvalue weighted by Gasteiger charge is 2.08. The predicted molar refractivity (Wildman–Crippen MR) is 45.6 cm³/mol. The van der Waals surface area contributed by atoms with Crippen LogP contribution in [0.1, 0.15) is 5.82 Å². The molecule has 74 valence electrons. The molecule has 0 aliphatic heterocycles. The van der Waals surface area contributed by atoms with Gasteiger partial charge in [0, 0.05) is 6.07 Å². The van der Waals surface area contributed by atoms with Crippen molar-refractivity contribution in [2.24, 2.45) is 7.05 Å². The largest absolute Gasteiger partial charge is 1.00 e. The van der Waals surface area contributed by atoms with Crippen molar-refractivity contribution in [2.75, 3.05) is 0 Å². The fourth-order valence-electron chi connectivity index (χ4n) is 1.13. The van der Waals surface area contributed by atoms with E-state index in [1.807, 2.05) is 36.1 Å².